The van der Waals surface area contributed by atoms with E-state index in [0.29, 0.717) is 24.7 Å². The molecule has 4 heteroatoms. The topological polar surface area (TPSA) is 50.7 Å². The maximum atomic E-state index is 11.8. The minimum absolute atomic E-state index is 0.200. The first-order valence-electron chi connectivity index (χ1n) is 5.81. The molecule has 0 heterocycles. The van der Waals surface area contributed by atoms with Gasteiger partial charge in [0.1, 0.15) is 0 Å². The van der Waals surface area contributed by atoms with Crippen molar-refractivity contribution >= 4 is 11.9 Å². The molecule has 1 rings (SSSR count). The van der Waals surface area contributed by atoms with Gasteiger partial charge in [0.15, 0.2) is 0 Å². The van der Waals surface area contributed by atoms with Gasteiger partial charge in [-0.05, 0) is 25.5 Å². The Balaban J connectivity index is 2.64. The molecule has 1 amide bonds. The van der Waals surface area contributed by atoms with Crippen LogP contribution in [0, 0.1) is 0 Å². The molecule has 0 fully saturated rings. The number of ether oxygens (including phenoxy) is 1. The average Bonchev–Trinajstić information content (AvgIpc) is 2.37. The lowest BCUT2D eigenvalue weighted by Gasteiger charge is -2.08. The lowest BCUT2D eigenvalue weighted by Crippen LogP contribution is -2.32. The van der Waals surface area contributed by atoms with Gasteiger partial charge in [-0.1, -0.05) is 25.1 Å². The maximum absolute atomic E-state index is 11.8. The third-order valence-corrected chi connectivity index (χ3v) is 2.02. The lowest BCUT2D eigenvalue weighted by atomic mass is 10.2. The molecule has 0 radical (unpaired) electrons. The number of amides is 1. The summed E-state index contributed by atoms with van der Waals surface area (Å²) in [4.78, 5) is 16.0. The van der Waals surface area contributed by atoms with Crippen molar-refractivity contribution in [1.29, 1.82) is 0 Å². The smallest absolute Gasteiger partial charge is 0.291 e. The Morgan fingerprint density at radius 2 is 2.00 bits per heavy atom. The molecule has 0 aromatic heterocycles. The van der Waals surface area contributed by atoms with Crippen molar-refractivity contribution in [1.82, 2.24) is 5.32 Å². The molecule has 0 aliphatic carbocycles. The summed E-state index contributed by atoms with van der Waals surface area (Å²) in [6.45, 7) is 5.00. The second-order valence-electron chi connectivity index (χ2n) is 3.44. The summed E-state index contributed by atoms with van der Waals surface area (Å²) in [6, 6.07) is 9.29. The van der Waals surface area contributed by atoms with E-state index < -0.39 is 0 Å². The third kappa shape index (κ3) is 4.68. The number of nitrogens with zero attached hydrogens (tertiary/aromatic N) is 1. The Morgan fingerprint density at radius 1 is 1.29 bits per heavy atom. The molecule has 0 unspecified atom stereocenters. The van der Waals surface area contributed by atoms with E-state index in [0.717, 1.165) is 6.42 Å². The Hall–Kier alpha value is -1.84. The van der Waals surface area contributed by atoms with E-state index in [1.807, 2.05) is 32.0 Å². The quantitative estimate of drug-likeness (QED) is 0.641. The van der Waals surface area contributed by atoms with Gasteiger partial charge >= 0.3 is 0 Å². The van der Waals surface area contributed by atoms with Gasteiger partial charge in [-0.2, -0.15) is 0 Å². The molecule has 17 heavy (non-hydrogen) atoms. The van der Waals surface area contributed by atoms with Gasteiger partial charge in [0.25, 0.3) is 11.9 Å². The number of carbonyl (C=O) groups excluding carboxylic acids is 1. The van der Waals surface area contributed by atoms with Crippen LogP contribution in [-0.2, 0) is 4.74 Å². The summed E-state index contributed by atoms with van der Waals surface area (Å²) < 4.78 is 5.25. The summed E-state index contributed by atoms with van der Waals surface area (Å²) in [5.41, 5.74) is 0.594. The number of hydrogen-bond acceptors (Lipinski definition) is 3. The highest BCUT2D eigenvalue weighted by Gasteiger charge is 2.08. The molecular weight excluding hydrogens is 216 g/mol. The van der Waals surface area contributed by atoms with Crippen molar-refractivity contribution in [2.45, 2.75) is 20.3 Å². The van der Waals surface area contributed by atoms with Gasteiger partial charge < -0.3 is 4.74 Å². The van der Waals surface area contributed by atoms with Crippen molar-refractivity contribution in [2.24, 2.45) is 4.99 Å². The number of nitrogens with one attached hydrogen (secondary N) is 1. The minimum atomic E-state index is -0.200. The van der Waals surface area contributed by atoms with Gasteiger partial charge in [-0.15, -0.1) is 0 Å². The van der Waals surface area contributed by atoms with Crippen molar-refractivity contribution in [3.05, 3.63) is 35.9 Å². The van der Waals surface area contributed by atoms with Crippen LogP contribution in [-0.4, -0.2) is 25.1 Å². The fourth-order valence-electron chi connectivity index (χ4n) is 1.23. The standard InChI is InChI=1S/C13H18N2O2/c1-3-10-14-13(17-4-2)15-12(16)11-8-6-5-7-9-11/h5-9H,3-4,10H2,1-2H3,(H,14,15,16). The molecule has 0 bridgehead atoms. The third-order valence-electron chi connectivity index (χ3n) is 2.02. The lowest BCUT2D eigenvalue weighted by molar-refractivity contribution is 0.0966. The van der Waals surface area contributed by atoms with E-state index in [1.54, 1.807) is 12.1 Å². The van der Waals surface area contributed by atoms with Crippen LogP contribution in [0.2, 0.25) is 0 Å². The Kier molecular flexibility index (Phi) is 5.79. The van der Waals surface area contributed by atoms with Crippen molar-refractivity contribution in [2.75, 3.05) is 13.2 Å². The van der Waals surface area contributed by atoms with Crippen LogP contribution < -0.4 is 5.32 Å². The van der Waals surface area contributed by atoms with Crippen molar-refractivity contribution in [3.8, 4) is 0 Å². The number of hydrogen-bond donors (Lipinski definition) is 1. The Morgan fingerprint density at radius 3 is 2.59 bits per heavy atom. The number of carbonyl (C=O) groups is 1. The zero-order valence-corrected chi connectivity index (χ0v) is 10.3. The van der Waals surface area contributed by atoms with E-state index >= 15 is 0 Å². The number of aliphatic imine (C=N–C) groups is 1. The molecule has 0 aliphatic rings. The van der Waals surface area contributed by atoms with Crippen LogP contribution in [0.15, 0.2) is 35.3 Å². The molecule has 92 valence electrons. The zero-order chi connectivity index (χ0) is 12.5. The summed E-state index contributed by atoms with van der Waals surface area (Å²) >= 11 is 0. The van der Waals surface area contributed by atoms with Crippen molar-refractivity contribution < 1.29 is 9.53 Å². The van der Waals surface area contributed by atoms with Gasteiger partial charge in [0, 0.05) is 12.1 Å². The first-order chi connectivity index (χ1) is 8.27. The molecule has 1 aromatic rings. The molecule has 0 atom stereocenters. The Labute approximate surface area is 102 Å². The predicted molar refractivity (Wildman–Crippen MR) is 68.1 cm³/mol. The van der Waals surface area contributed by atoms with Crippen LogP contribution in [0.25, 0.3) is 0 Å². The summed E-state index contributed by atoms with van der Waals surface area (Å²) in [5.74, 6) is -0.200. The SMILES string of the molecule is CCCN=C(NC(=O)c1ccccc1)OCC. The largest absolute Gasteiger partial charge is 0.465 e. The molecular formula is C13H18N2O2. The Bertz CT molecular complexity index is 374. The summed E-state index contributed by atoms with van der Waals surface area (Å²) in [5, 5.41) is 2.66. The molecule has 0 saturated heterocycles. The van der Waals surface area contributed by atoms with Gasteiger partial charge in [-0.3, -0.25) is 10.1 Å². The zero-order valence-electron chi connectivity index (χ0n) is 10.3. The fraction of sp³-hybridized carbons (Fsp3) is 0.385. The molecule has 0 saturated carbocycles. The maximum Gasteiger partial charge on any atom is 0.291 e. The highest BCUT2D eigenvalue weighted by Crippen LogP contribution is 1.98. The van der Waals surface area contributed by atoms with E-state index in [2.05, 4.69) is 10.3 Å². The molecule has 1 N–H and O–H groups in total. The minimum Gasteiger partial charge on any atom is -0.465 e. The van der Waals surface area contributed by atoms with Crippen LogP contribution in [0.4, 0.5) is 0 Å². The molecule has 1 aromatic carbocycles. The second kappa shape index (κ2) is 7.44. The van der Waals surface area contributed by atoms with Gasteiger partial charge in [-0.25, -0.2) is 4.99 Å². The van der Waals surface area contributed by atoms with Crippen LogP contribution >= 0.6 is 0 Å². The highest BCUT2D eigenvalue weighted by molar-refractivity contribution is 6.04. The van der Waals surface area contributed by atoms with Crippen molar-refractivity contribution in [3.63, 3.8) is 0 Å². The molecule has 0 spiro atoms. The summed E-state index contributed by atoms with van der Waals surface area (Å²) in [7, 11) is 0. The molecule has 0 aliphatic heterocycles. The van der Waals surface area contributed by atoms with Gasteiger partial charge in [0.05, 0.1) is 6.61 Å². The van der Waals surface area contributed by atoms with Crippen LogP contribution in [0.5, 0.6) is 0 Å². The highest BCUT2D eigenvalue weighted by atomic mass is 16.5. The first kappa shape index (κ1) is 13.2. The number of rotatable bonds is 4. The fourth-order valence-corrected chi connectivity index (χ4v) is 1.23. The first-order valence-corrected chi connectivity index (χ1v) is 5.81. The van der Waals surface area contributed by atoms with Crippen LogP contribution in [0.3, 0.4) is 0 Å². The summed E-state index contributed by atoms with van der Waals surface area (Å²) in [6.07, 6.45) is 0.914. The average molecular weight is 234 g/mol. The van der Waals surface area contributed by atoms with Gasteiger partial charge in [0.2, 0.25) is 0 Å². The normalized spacial score (nSPS) is 11.1. The molecule has 4 nitrogen and oxygen atoms in total. The number of benzene rings is 1. The van der Waals surface area contributed by atoms with E-state index in [1.165, 1.54) is 0 Å². The van der Waals surface area contributed by atoms with E-state index in [9.17, 15) is 4.79 Å². The second-order valence-corrected chi connectivity index (χ2v) is 3.44. The van der Waals surface area contributed by atoms with E-state index in [-0.39, 0.29) is 5.91 Å². The number of amidine groups is 1. The van der Waals surface area contributed by atoms with E-state index in [4.69, 9.17) is 4.74 Å². The predicted octanol–water partition coefficient (Wildman–Crippen LogP) is 2.22. The van der Waals surface area contributed by atoms with Crippen LogP contribution in [0.1, 0.15) is 30.6 Å². The monoisotopic (exact) mass is 234 g/mol.